The number of rotatable bonds is 6. The molecule has 1 heterocycles. The molecule has 0 saturated carbocycles. The lowest BCUT2D eigenvalue weighted by atomic mass is 10.1. The molecule has 1 amide bonds. The molecule has 1 aliphatic heterocycles. The van der Waals surface area contributed by atoms with E-state index in [0.717, 1.165) is 19.6 Å². The average molecular weight is 279 g/mol. The summed E-state index contributed by atoms with van der Waals surface area (Å²) in [7, 11) is 0. The Morgan fingerprint density at radius 1 is 1.50 bits per heavy atom. The smallest absolute Gasteiger partial charge is 0.225 e. The predicted molar refractivity (Wildman–Crippen MR) is 75.9 cm³/mol. The molecule has 2 N–H and O–H groups in total. The minimum atomic E-state index is 0. The lowest BCUT2D eigenvalue weighted by Gasteiger charge is -2.21. The molecule has 0 bridgehead atoms. The van der Waals surface area contributed by atoms with Gasteiger partial charge in [-0.3, -0.25) is 4.79 Å². The minimum Gasteiger partial charge on any atom is -0.381 e. The first-order chi connectivity index (χ1) is 8.04. The van der Waals surface area contributed by atoms with Gasteiger partial charge in [0.25, 0.3) is 0 Å². The molecule has 4 nitrogen and oxygen atoms in total. The zero-order valence-electron chi connectivity index (χ0n) is 11.7. The van der Waals surface area contributed by atoms with E-state index in [2.05, 4.69) is 20.8 Å². The molecular weight excluding hydrogens is 252 g/mol. The Kier molecular flexibility index (Phi) is 8.57. The van der Waals surface area contributed by atoms with E-state index in [-0.39, 0.29) is 18.3 Å². The first-order valence-corrected chi connectivity index (χ1v) is 6.61. The van der Waals surface area contributed by atoms with Crippen LogP contribution in [0.25, 0.3) is 0 Å². The molecule has 0 aliphatic carbocycles. The largest absolute Gasteiger partial charge is 0.381 e. The molecule has 1 aliphatic rings. The zero-order valence-corrected chi connectivity index (χ0v) is 12.5. The van der Waals surface area contributed by atoms with Crippen LogP contribution in [-0.4, -0.2) is 43.2 Å². The number of nitrogens with two attached hydrogens (primary N) is 1. The first-order valence-electron chi connectivity index (χ1n) is 6.61. The molecular formula is C13H27ClN2O2. The fourth-order valence-electron chi connectivity index (χ4n) is 2.28. The third-order valence-electron chi connectivity index (χ3n) is 3.23. The number of ether oxygens (including phenoxy) is 1. The van der Waals surface area contributed by atoms with Crippen LogP contribution in [-0.2, 0) is 9.53 Å². The second-order valence-corrected chi connectivity index (χ2v) is 5.45. The Morgan fingerprint density at radius 3 is 2.67 bits per heavy atom. The topological polar surface area (TPSA) is 55.6 Å². The van der Waals surface area contributed by atoms with Gasteiger partial charge in [0.1, 0.15) is 0 Å². The highest BCUT2D eigenvalue weighted by atomic mass is 35.5. The van der Waals surface area contributed by atoms with Gasteiger partial charge in [-0.25, -0.2) is 0 Å². The summed E-state index contributed by atoms with van der Waals surface area (Å²) in [4.78, 5) is 13.9. The summed E-state index contributed by atoms with van der Waals surface area (Å²) in [6.45, 7) is 9.08. The summed E-state index contributed by atoms with van der Waals surface area (Å²) in [5.74, 6) is 1.21. The molecule has 1 saturated heterocycles. The van der Waals surface area contributed by atoms with E-state index in [1.807, 2.05) is 4.90 Å². The Labute approximate surface area is 117 Å². The molecule has 0 aromatic carbocycles. The number of nitrogens with zero attached hydrogens (tertiary/aromatic N) is 1. The summed E-state index contributed by atoms with van der Waals surface area (Å²) >= 11 is 0. The number of carbonyl (C=O) groups is 1. The van der Waals surface area contributed by atoms with Crippen molar-refractivity contribution in [1.82, 2.24) is 4.90 Å². The van der Waals surface area contributed by atoms with Gasteiger partial charge in [0.15, 0.2) is 0 Å². The zero-order chi connectivity index (χ0) is 12.8. The van der Waals surface area contributed by atoms with Crippen molar-refractivity contribution in [1.29, 1.82) is 0 Å². The Hall–Kier alpha value is -0.320. The van der Waals surface area contributed by atoms with Crippen LogP contribution in [0.2, 0.25) is 0 Å². The summed E-state index contributed by atoms with van der Waals surface area (Å²) in [6.07, 6.45) is 1.53. The molecule has 18 heavy (non-hydrogen) atoms. The van der Waals surface area contributed by atoms with E-state index in [1.54, 1.807) is 0 Å². The lowest BCUT2D eigenvalue weighted by Crippen LogP contribution is -2.35. The first kappa shape index (κ1) is 17.7. The third-order valence-corrected chi connectivity index (χ3v) is 3.23. The predicted octanol–water partition coefficient (Wildman–Crippen LogP) is 1.67. The Morgan fingerprint density at radius 2 is 2.17 bits per heavy atom. The molecule has 2 unspecified atom stereocenters. The summed E-state index contributed by atoms with van der Waals surface area (Å²) in [5, 5.41) is 0. The van der Waals surface area contributed by atoms with Crippen LogP contribution in [0.15, 0.2) is 0 Å². The van der Waals surface area contributed by atoms with Crippen LogP contribution in [0.4, 0.5) is 0 Å². The van der Waals surface area contributed by atoms with Crippen molar-refractivity contribution in [3.8, 4) is 0 Å². The monoisotopic (exact) mass is 278 g/mol. The molecule has 108 valence electrons. The molecule has 2 atom stereocenters. The fraction of sp³-hybridized carbons (Fsp3) is 0.923. The van der Waals surface area contributed by atoms with E-state index in [0.29, 0.717) is 37.5 Å². The molecule has 1 fully saturated rings. The highest BCUT2D eigenvalue weighted by Gasteiger charge is 2.30. The van der Waals surface area contributed by atoms with Gasteiger partial charge in [0.2, 0.25) is 5.91 Å². The van der Waals surface area contributed by atoms with E-state index < -0.39 is 0 Å². The second-order valence-electron chi connectivity index (χ2n) is 5.45. The van der Waals surface area contributed by atoms with Crippen molar-refractivity contribution in [2.75, 3.05) is 26.3 Å². The Bertz CT molecular complexity index is 249. The molecule has 0 radical (unpaired) electrons. The quantitative estimate of drug-likeness (QED) is 0.752. The van der Waals surface area contributed by atoms with Gasteiger partial charge < -0.3 is 15.4 Å². The van der Waals surface area contributed by atoms with Crippen molar-refractivity contribution in [2.45, 2.75) is 39.7 Å². The molecule has 0 spiro atoms. The van der Waals surface area contributed by atoms with Crippen LogP contribution in [0.3, 0.4) is 0 Å². The van der Waals surface area contributed by atoms with Gasteiger partial charge in [-0.05, 0) is 31.7 Å². The van der Waals surface area contributed by atoms with Crippen LogP contribution >= 0.6 is 12.4 Å². The highest BCUT2D eigenvalue weighted by molar-refractivity contribution is 5.85. The van der Waals surface area contributed by atoms with Gasteiger partial charge in [-0.1, -0.05) is 13.8 Å². The number of hydrogen-bond donors (Lipinski definition) is 1. The highest BCUT2D eigenvalue weighted by Crippen LogP contribution is 2.22. The fourth-order valence-corrected chi connectivity index (χ4v) is 2.28. The van der Waals surface area contributed by atoms with Crippen LogP contribution in [0.5, 0.6) is 0 Å². The van der Waals surface area contributed by atoms with E-state index in [9.17, 15) is 4.79 Å². The summed E-state index contributed by atoms with van der Waals surface area (Å²) < 4.78 is 5.44. The maximum Gasteiger partial charge on any atom is 0.225 e. The van der Waals surface area contributed by atoms with Crippen molar-refractivity contribution >= 4 is 18.3 Å². The number of hydrogen-bond acceptors (Lipinski definition) is 3. The third kappa shape index (κ3) is 5.55. The standard InChI is InChI=1S/C13H26N2O2.ClH/c1-10(2)9-17-5-4-13(16)15-8-12(7-14)6-11(15)3;/h10-12H,4-9,14H2,1-3H3;1H. The van der Waals surface area contributed by atoms with Crippen molar-refractivity contribution < 1.29 is 9.53 Å². The van der Waals surface area contributed by atoms with Crippen LogP contribution in [0, 0.1) is 11.8 Å². The lowest BCUT2D eigenvalue weighted by molar-refractivity contribution is -0.133. The van der Waals surface area contributed by atoms with E-state index in [1.165, 1.54) is 0 Å². The number of carbonyl (C=O) groups excluding carboxylic acids is 1. The van der Waals surface area contributed by atoms with Gasteiger partial charge in [-0.15, -0.1) is 12.4 Å². The number of amides is 1. The van der Waals surface area contributed by atoms with Crippen LogP contribution in [0.1, 0.15) is 33.6 Å². The van der Waals surface area contributed by atoms with E-state index >= 15 is 0 Å². The normalized spacial score (nSPS) is 23.3. The minimum absolute atomic E-state index is 0. The van der Waals surface area contributed by atoms with Crippen molar-refractivity contribution in [3.63, 3.8) is 0 Å². The average Bonchev–Trinajstić information content (AvgIpc) is 2.65. The van der Waals surface area contributed by atoms with Gasteiger partial charge >= 0.3 is 0 Å². The van der Waals surface area contributed by atoms with Gasteiger partial charge in [0, 0.05) is 19.2 Å². The summed E-state index contributed by atoms with van der Waals surface area (Å²) in [6, 6.07) is 0.334. The number of halogens is 1. The SMILES string of the molecule is CC(C)COCCC(=O)N1CC(CN)CC1C.Cl. The van der Waals surface area contributed by atoms with Gasteiger partial charge in [0.05, 0.1) is 13.0 Å². The van der Waals surface area contributed by atoms with Crippen molar-refractivity contribution in [3.05, 3.63) is 0 Å². The molecule has 1 rings (SSSR count). The van der Waals surface area contributed by atoms with Crippen molar-refractivity contribution in [2.24, 2.45) is 17.6 Å². The second kappa shape index (κ2) is 8.73. The van der Waals surface area contributed by atoms with Gasteiger partial charge in [-0.2, -0.15) is 0 Å². The molecule has 0 aromatic rings. The molecule has 0 aromatic heterocycles. The van der Waals surface area contributed by atoms with Crippen LogP contribution < -0.4 is 5.73 Å². The maximum atomic E-state index is 12.0. The maximum absolute atomic E-state index is 12.0. The summed E-state index contributed by atoms with van der Waals surface area (Å²) in [5.41, 5.74) is 5.65. The van der Waals surface area contributed by atoms with E-state index in [4.69, 9.17) is 10.5 Å². The number of likely N-dealkylation sites (tertiary alicyclic amines) is 1. The Balaban J connectivity index is 0.00000289. The molecule has 5 heteroatoms.